The van der Waals surface area contributed by atoms with Gasteiger partial charge in [-0.25, -0.2) is 4.39 Å². The molecule has 0 aromatic heterocycles. The predicted molar refractivity (Wildman–Crippen MR) is 75.4 cm³/mol. The van der Waals surface area contributed by atoms with Gasteiger partial charge in [-0.1, -0.05) is 48.0 Å². The van der Waals surface area contributed by atoms with E-state index in [1.807, 2.05) is 6.07 Å². The van der Waals surface area contributed by atoms with Crippen LogP contribution in [0, 0.1) is 0 Å². The first-order valence-electron chi connectivity index (χ1n) is 5.90. The van der Waals surface area contributed by atoms with Crippen molar-refractivity contribution in [2.45, 2.75) is 5.67 Å². The van der Waals surface area contributed by atoms with E-state index in [-0.39, 0.29) is 6.54 Å². The number of methoxy groups -OCH3 is 1. The summed E-state index contributed by atoms with van der Waals surface area (Å²) in [6, 6.07) is 13.7. The Bertz CT molecular complexity index is 561. The third-order valence-electron chi connectivity index (χ3n) is 3.12. The Labute approximate surface area is 117 Å². The lowest BCUT2D eigenvalue weighted by Crippen LogP contribution is -2.31. The second-order valence-corrected chi connectivity index (χ2v) is 4.63. The van der Waals surface area contributed by atoms with Crippen LogP contribution >= 0.6 is 11.6 Å². The van der Waals surface area contributed by atoms with Crippen LogP contribution in [0.1, 0.15) is 11.1 Å². The van der Waals surface area contributed by atoms with Gasteiger partial charge in [-0.3, -0.25) is 0 Å². The van der Waals surface area contributed by atoms with Crippen molar-refractivity contribution in [3.05, 3.63) is 64.7 Å². The summed E-state index contributed by atoms with van der Waals surface area (Å²) in [5, 5.41) is 0.443. The highest BCUT2D eigenvalue weighted by Gasteiger charge is 2.33. The first-order valence-corrected chi connectivity index (χ1v) is 6.28. The van der Waals surface area contributed by atoms with Crippen molar-refractivity contribution in [2.24, 2.45) is 5.73 Å². The van der Waals surface area contributed by atoms with Crippen LogP contribution in [0.5, 0.6) is 5.75 Å². The van der Waals surface area contributed by atoms with Crippen molar-refractivity contribution < 1.29 is 9.13 Å². The van der Waals surface area contributed by atoms with Crippen LogP contribution in [0.3, 0.4) is 0 Å². The maximum atomic E-state index is 15.2. The van der Waals surface area contributed by atoms with Gasteiger partial charge in [-0.05, 0) is 23.3 Å². The van der Waals surface area contributed by atoms with Crippen molar-refractivity contribution >= 4 is 11.6 Å². The van der Waals surface area contributed by atoms with Crippen LogP contribution < -0.4 is 10.5 Å². The average Bonchev–Trinajstić information content (AvgIpc) is 2.47. The molecule has 0 saturated carbocycles. The van der Waals surface area contributed by atoms with Crippen LogP contribution in [-0.2, 0) is 5.67 Å². The van der Waals surface area contributed by atoms with Gasteiger partial charge in [0.15, 0.2) is 5.67 Å². The SMILES string of the molecule is COc1cc(C(F)(CN)c2ccccc2)ccc1Cl. The third kappa shape index (κ3) is 2.57. The number of halogens is 2. The van der Waals surface area contributed by atoms with Crippen molar-refractivity contribution in [3.8, 4) is 5.75 Å². The lowest BCUT2D eigenvalue weighted by Gasteiger charge is -2.25. The zero-order valence-corrected chi connectivity index (χ0v) is 11.3. The molecule has 0 aliphatic carbocycles. The van der Waals surface area contributed by atoms with E-state index >= 15 is 4.39 Å². The smallest absolute Gasteiger partial charge is 0.173 e. The topological polar surface area (TPSA) is 35.2 Å². The molecule has 0 aliphatic heterocycles. The van der Waals surface area contributed by atoms with E-state index in [1.54, 1.807) is 42.5 Å². The number of hydrogen-bond acceptors (Lipinski definition) is 2. The minimum atomic E-state index is -1.75. The molecule has 0 aliphatic rings. The van der Waals surface area contributed by atoms with E-state index in [4.69, 9.17) is 22.1 Å². The molecule has 1 atom stereocenters. The standard InChI is InChI=1S/C15H15ClFNO/c1-19-14-9-12(7-8-13(14)16)15(17,10-18)11-5-3-2-4-6-11/h2-9H,10,18H2,1H3. The van der Waals surface area contributed by atoms with Gasteiger partial charge in [0, 0.05) is 6.54 Å². The summed E-state index contributed by atoms with van der Waals surface area (Å²) in [6.07, 6.45) is 0. The third-order valence-corrected chi connectivity index (χ3v) is 3.43. The molecular formula is C15H15ClFNO. The normalized spacial score (nSPS) is 13.9. The van der Waals surface area contributed by atoms with E-state index in [9.17, 15) is 0 Å². The zero-order valence-electron chi connectivity index (χ0n) is 10.6. The van der Waals surface area contributed by atoms with E-state index in [0.717, 1.165) is 0 Å². The molecule has 2 aromatic carbocycles. The van der Waals surface area contributed by atoms with Crippen LogP contribution in [0.4, 0.5) is 4.39 Å². The van der Waals surface area contributed by atoms with Crippen LogP contribution in [0.25, 0.3) is 0 Å². The molecule has 2 rings (SSSR count). The molecule has 0 bridgehead atoms. The molecular weight excluding hydrogens is 265 g/mol. The average molecular weight is 280 g/mol. The highest BCUT2D eigenvalue weighted by molar-refractivity contribution is 6.32. The molecule has 100 valence electrons. The lowest BCUT2D eigenvalue weighted by atomic mass is 9.88. The van der Waals surface area contributed by atoms with Crippen LogP contribution in [0.15, 0.2) is 48.5 Å². The highest BCUT2D eigenvalue weighted by atomic mass is 35.5. The number of benzene rings is 2. The maximum absolute atomic E-state index is 15.2. The van der Waals surface area contributed by atoms with Crippen LogP contribution in [0.2, 0.25) is 5.02 Å². The predicted octanol–water partition coefficient (Wildman–Crippen LogP) is 3.52. The van der Waals surface area contributed by atoms with Gasteiger partial charge >= 0.3 is 0 Å². The molecule has 0 fully saturated rings. The monoisotopic (exact) mass is 279 g/mol. The molecule has 0 amide bonds. The largest absolute Gasteiger partial charge is 0.495 e. The van der Waals surface area contributed by atoms with Gasteiger partial charge in [0.1, 0.15) is 5.75 Å². The number of rotatable bonds is 4. The fourth-order valence-corrected chi connectivity index (χ4v) is 2.21. The second kappa shape index (κ2) is 5.59. The van der Waals surface area contributed by atoms with E-state index < -0.39 is 5.67 Å². The summed E-state index contributed by atoms with van der Waals surface area (Å²) in [5.74, 6) is 0.436. The van der Waals surface area contributed by atoms with Crippen molar-refractivity contribution in [2.75, 3.05) is 13.7 Å². The molecule has 0 saturated heterocycles. The van der Waals surface area contributed by atoms with E-state index in [2.05, 4.69) is 0 Å². The molecule has 0 heterocycles. The van der Waals surface area contributed by atoms with Crippen LogP contribution in [-0.4, -0.2) is 13.7 Å². The Morgan fingerprint density at radius 1 is 1.16 bits per heavy atom. The summed E-state index contributed by atoms with van der Waals surface area (Å²) in [5.41, 5.74) is 4.85. The summed E-state index contributed by atoms with van der Waals surface area (Å²) in [4.78, 5) is 0. The second-order valence-electron chi connectivity index (χ2n) is 4.22. The fourth-order valence-electron chi connectivity index (χ4n) is 2.01. The van der Waals surface area contributed by atoms with Gasteiger partial charge in [0.05, 0.1) is 12.1 Å². The van der Waals surface area contributed by atoms with Gasteiger partial charge in [0.2, 0.25) is 0 Å². The minimum absolute atomic E-state index is 0.151. The number of ether oxygens (including phenoxy) is 1. The molecule has 1 unspecified atom stereocenters. The molecule has 0 radical (unpaired) electrons. The zero-order chi connectivity index (χ0) is 13.9. The molecule has 0 spiro atoms. The highest BCUT2D eigenvalue weighted by Crippen LogP contribution is 2.36. The quantitative estimate of drug-likeness (QED) is 0.929. The Kier molecular flexibility index (Phi) is 4.08. The van der Waals surface area contributed by atoms with Crippen molar-refractivity contribution in [1.82, 2.24) is 0 Å². The molecule has 4 heteroatoms. The maximum Gasteiger partial charge on any atom is 0.173 e. The number of nitrogens with two attached hydrogens (primary N) is 1. The fraction of sp³-hybridized carbons (Fsp3) is 0.200. The van der Waals surface area contributed by atoms with Gasteiger partial charge in [-0.2, -0.15) is 0 Å². The summed E-state index contributed by atoms with van der Waals surface area (Å²) < 4.78 is 20.3. The summed E-state index contributed by atoms with van der Waals surface area (Å²) >= 11 is 5.96. The Morgan fingerprint density at radius 3 is 2.42 bits per heavy atom. The summed E-state index contributed by atoms with van der Waals surface area (Å²) in [6.45, 7) is -0.151. The van der Waals surface area contributed by atoms with Gasteiger partial charge in [-0.15, -0.1) is 0 Å². The number of hydrogen-bond donors (Lipinski definition) is 1. The van der Waals surface area contributed by atoms with Crippen molar-refractivity contribution in [3.63, 3.8) is 0 Å². The first-order chi connectivity index (χ1) is 9.11. The molecule has 2 aromatic rings. The van der Waals surface area contributed by atoms with E-state index in [1.165, 1.54) is 7.11 Å². The Balaban J connectivity index is 2.53. The first kappa shape index (κ1) is 13.8. The summed E-state index contributed by atoms with van der Waals surface area (Å²) in [7, 11) is 1.50. The molecule has 19 heavy (non-hydrogen) atoms. The van der Waals surface area contributed by atoms with Crippen molar-refractivity contribution in [1.29, 1.82) is 0 Å². The molecule has 2 N–H and O–H groups in total. The molecule has 2 nitrogen and oxygen atoms in total. The minimum Gasteiger partial charge on any atom is -0.495 e. The Hall–Kier alpha value is -1.58. The van der Waals surface area contributed by atoms with Gasteiger partial charge < -0.3 is 10.5 Å². The lowest BCUT2D eigenvalue weighted by molar-refractivity contribution is 0.232. The Morgan fingerprint density at radius 2 is 1.84 bits per heavy atom. The van der Waals surface area contributed by atoms with Gasteiger partial charge in [0.25, 0.3) is 0 Å². The number of alkyl halides is 1. The van der Waals surface area contributed by atoms with E-state index in [0.29, 0.717) is 21.9 Å².